The number of aryl methyl sites for hydroxylation is 2. The summed E-state index contributed by atoms with van der Waals surface area (Å²) in [4.78, 5) is 34.6. The van der Waals surface area contributed by atoms with Crippen LogP contribution in [-0.4, -0.2) is 60.6 Å². The maximum atomic E-state index is 12.9. The summed E-state index contributed by atoms with van der Waals surface area (Å²) in [7, 11) is 2.12. The van der Waals surface area contributed by atoms with Crippen LogP contribution < -0.4 is 15.2 Å². The summed E-state index contributed by atoms with van der Waals surface area (Å²) >= 11 is 0. The molecule has 3 heterocycles. The molecule has 1 aromatic carbocycles. The SMILES string of the molecule is Cc1ccc(C)c(N2N=C(C(=O)NCc3cccnc3N3CCN(C)CC3)CCC2=O)c1. The Kier molecular flexibility index (Phi) is 6.50. The van der Waals surface area contributed by atoms with Crippen molar-refractivity contribution in [2.75, 3.05) is 43.1 Å². The zero-order chi connectivity index (χ0) is 22.7. The summed E-state index contributed by atoms with van der Waals surface area (Å²) in [6.45, 7) is 8.07. The minimum atomic E-state index is -0.249. The number of rotatable bonds is 5. The first kappa shape index (κ1) is 22.0. The van der Waals surface area contributed by atoms with Crippen molar-refractivity contribution < 1.29 is 9.59 Å². The average molecular weight is 435 g/mol. The van der Waals surface area contributed by atoms with Crippen LogP contribution in [0.25, 0.3) is 0 Å². The number of pyridine rings is 1. The summed E-state index contributed by atoms with van der Waals surface area (Å²) in [6, 6.07) is 9.77. The number of piperazine rings is 1. The third kappa shape index (κ3) is 4.80. The van der Waals surface area contributed by atoms with E-state index in [1.807, 2.05) is 44.2 Å². The maximum Gasteiger partial charge on any atom is 0.267 e. The number of amides is 2. The van der Waals surface area contributed by atoms with E-state index in [9.17, 15) is 9.59 Å². The van der Waals surface area contributed by atoms with Crippen molar-refractivity contribution in [2.24, 2.45) is 5.10 Å². The topological polar surface area (TPSA) is 81.1 Å². The van der Waals surface area contributed by atoms with Crippen LogP contribution in [-0.2, 0) is 16.1 Å². The van der Waals surface area contributed by atoms with Crippen LogP contribution in [0.2, 0.25) is 0 Å². The van der Waals surface area contributed by atoms with Crippen LogP contribution in [0.3, 0.4) is 0 Å². The van der Waals surface area contributed by atoms with Gasteiger partial charge in [-0.05, 0) is 44.2 Å². The molecule has 1 saturated heterocycles. The highest BCUT2D eigenvalue weighted by atomic mass is 16.2. The van der Waals surface area contributed by atoms with Crippen LogP contribution in [0.4, 0.5) is 11.5 Å². The van der Waals surface area contributed by atoms with Crippen LogP contribution >= 0.6 is 0 Å². The van der Waals surface area contributed by atoms with Gasteiger partial charge in [0.1, 0.15) is 11.5 Å². The Morgan fingerprint density at radius 1 is 1.09 bits per heavy atom. The van der Waals surface area contributed by atoms with Gasteiger partial charge < -0.3 is 15.1 Å². The van der Waals surface area contributed by atoms with Gasteiger partial charge in [0.05, 0.1) is 5.69 Å². The smallest absolute Gasteiger partial charge is 0.267 e. The fourth-order valence-electron chi connectivity index (χ4n) is 4.00. The normalized spacial score (nSPS) is 17.3. The quantitative estimate of drug-likeness (QED) is 0.781. The number of benzene rings is 1. The molecule has 1 N–H and O–H groups in total. The number of aromatic nitrogens is 1. The largest absolute Gasteiger partial charge is 0.354 e. The van der Waals surface area contributed by atoms with Crippen molar-refractivity contribution in [1.82, 2.24) is 15.2 Å². The van der Waals surface area contributed by atoms with Crippen molar-refractivity contribution in [3.63, 3.8) is 0 Å². The molecule has 2 aromatic rings. The lowest BCUT2D eigenvalue weighted by Crippen LogP contribution is -2.45. The third-order valence-electron chi connectivity index (χ3n) is 6.00. The number of anilines is 2. The molecule has 0 spiro atoms. The molecule has 0 bridgehead atoms. The minimum absolute atomic E-state index is 0.0973. The summed E-state index contributed by atoms with van der Waals surface area (Å²) in [5.74, 6) is 0.569. The molecule has 0 unspecified atom stereocenters. The predicted octanol–water partition coefficient (Wildman–Crippen LogP) is 2.25. The molecule has 0 saturated carbocycles. The van der Waals surface area contributed by atoms with E-state index in [4.69, 9.17) is 0 Å². The second-order valence-electron chi connectivity index (χ2n) is 8.50. The van der Waals surface area contributed by atoms with Gasteiger partial charge in [0.2, 0.25) is 5.91 Å². The Morgan fingerprint density at radius 2 is 1.88 bits per heavy atom. The zero-order valence-electron chi connectivity index (χ0n) is 19.0. The van der Waals surface area contributed by atoms with E-state index in [1.54, 1.807) is 6.20 Å². The summed E-state index contributed by atoms with van der Waals surface area (Å²) in [5.41, 5.74) is 4.06. The Morgan fingerprint density at radius 3 is 2.66 bits per heavy atom. The van der Waals surface area contributed by atoms with Crippen molar-refractivity contribution >= 4 is 29.0 Å². The van der Waals surface area contributed by atoms with Gasteiger partial charge in [-0.3, -0.25) is 9.59 Å². The molecule has 1 aromatic heterocycles. The molecule has 0 atom stereocenters. The molecule has 2 amide bonds. The van der Waals surface area contributed by atoms with Crippen molar-refractivity contribution in [2.45, 2.75) is 33.2 Å². The van der Waals surface area contributed by atoms with E-state index >= 15 is 0 Å². The van der Waals surface area contributed by atoms with Crippen molar-refractivity contribution in [1.29, 1.82) is 0 Å². The average Bonchev–Trinajstić information content (AvgIpc) is 2.80. The van der Waals surface area contributed by atoms with Crippen LogP contribution in [0.5, 0.6) is 0 Å². The van der Waals surface area contributed by atoms with Gasteiger partial charge in [0, 0.05) is 57.3 Å². The molecule has 0 aliphatic carbocycles. The second-order valence-corrected chi connectivity index (χ2v) is 8.50. The highest BCUT2D eigenvalue weighted by Gasteiger charge is 2.27. The first-order valence-electron chi connectivity index (χ1n) is 11.1. The number of hydrogen-bond donors (Lipinski definition) is 1. The molecule has 32 heavy (non-hydrogen) atoms. The predicted molar refractivity (Wildman–Crippen MR) is 126 cm³/mol. The lowest BCUT2D eigenvalue weighted by molar-refractivity contribution is -0.119. The lowest BCUT2D eigenvalue weighted by Gasteiger charge is -2.34. The van der Waals surface area contributed by atoms with E-state index in [0.29, 0.717) is 18.7 Å². The number of nitrogens with one attached hydrogen (secondary N) is 1. The molecular weight excluding hydrogens is 404 g/mol. The highest BCUT2D eigenvalue weighted by Crippen LogP contribution is 2.25. The molecular formula is C24H30N6O2. The minimum Gasteiger partial charge on any atom is -0.354 e. The number of nitrogens with zero attached hydrogens (tertiary/aromatic N) is 5. The Hall–Kier alpha value is -3.26. The molecule has 4 rings (SSSR count). The number of hydrogen-bond acceptors (Lipinski definition) is 6. The molecule has 8 heteroatoms. The molecule has 168 valence electrons. The number of likely N-dealkylation sites (N-methyl/N-ethyl adjacent to an activating group) is 1. The van der Waals surface area contributed by atoms with Gasteiger partial charge in [0.25, 0.3) is 5.91 Å². The van der Waals surface area contributed by atoms with E-state index in [2.05, 4.69) is 32.2 Å². The number of carbonyl (C=O) groups excluding carboxylic acids is 2. The summed E-state index contributed by atoms with van der Waals surface area (Å²) in [5, 5.41) is 8.79. The Labute approximate surface area is 188 Å². The third-order valence-corrected chi connectivity index (χ3v) is 6.00. The Balaban J connectivity index is 1.48. The zero-order valence-corrected chi connectivity index (χ0v) is 19.0. The lowest BCUT2D eigenvalue weighted by atomic mass is 10.1. The number of carbonyl (C=O) groups is 2. The Bertz CT molecular complexity index is 1040. The summed E-state index contributed by atoms with van der Waals surface area (Å²) < 4.78 is 0. The summed E-state index contributed by atoms with van der Waals surface area (Å²) in [6.07, 6.45) is 2.39. The van der Waals surface area contributed by atoms with Gasteiger partial charge in [-0.2, -0.15) is 5.10 Å². The first-order chi connectivity index (χ1) is 15.4. The molecule has 1 fully saturated rings. The molecule has 0 radical (unpaired) electrons. The van der Waals surface area contributed by atoms with E-state index in [-0.39, 0.29) is 18.2 Å². The van der Waals surface area contributed by atoms with E-state index in [1.165, 1.54) is 5.01 Å². The fraction of sp³-hybridized carbons (Fsp3) is 0.417. The van der Waals surface area contributed by atoms with Gasteiger partial charge in [-0.15, -0.1) is 0 Å². The van der Waals surface area contributed by atoms with Crippen LogP contribution in [0.1, 0.15) is 29.5 Å². The monoisotopic (exact) mass is 434 g/mol. The van der Waals surface area contributed by atoms with Gasteiger partial charge in [-0.1, -0.05) is 18.2 Å². The molecule has 2 aliphatic rings. The van der Waals surface area contributed by atoms with Crippen LogP contribution in [0.15, 0.2) is 41.6 Å². The standard InChI is InChI=1S/C24H30N6O2/c1-17-6-7-18(2)21(15-17)30-22(31)9-8-20(27-30)24(32)26-16-19-5-4-10-25-23(19)29-13-11-28(3)12-14-29/h4-7,10,15H,8-9,11-14,16H2,1-3H3,(H,26,32). The second kappa shape index (κ2) is 9.48. The van der Waals surface area contributed by atoms with E-state index < -0.39 is 0 Å². The number of hydrazone groups is 1. The van der Waals surface area contributed by atoms with Gasteiger partial charge in [0.15, 0.2) is 0 Å². The highest BCUT2D eigenvalue weighted by molar-refractivity contribution is 6.40. The molecule has 2 aliphatic heterocycles. The van der Waals surface area contributed by atoms with Crippen LogP contribution in [0, 0.1) is 13.8 Å². The first-order valence-corrected chi connectivity index (χ1v) is 11.1. The van der Waals surface area contributed by atoms with Gasteiger partial charge >= 0.3 is 0 Å². The van der Waals surface area contributed by atoms with E-state index in [0.717, 1.165) is 54.4 Å². The van der Waals surface area contributed by atoms with Gasteiger partial charge in [-0.25, -0.2) is 9.99 Å². The van der Waals surface area contributed by atoms with Crippen molar-refractivity contribution in [3.8, 4) is 0 Å². The van der Waals surface area contributed by atoms with Crippen molar-refractivity contribution in [3.05, 3.63) is 53.2 Å². The molecule has 8 nitrogen and oxygen atoms in total. The maximum absolute atomic E-state index is 12.9. The fourth-order valence-corrected chi connectivity index (χ4v) is 4.00.